The van der Waals surface area contributed by atoms with Gasteiger partial charge in [0.15, 0.2) is 0 Å². The number of rotatable bonds is 3. The molecule has 0 aliphatic heterocycles. The molecule has 0 unspecified atom stereocenters. The van der Waals surface area contributed by atoms with Gasteiger partial charge in [0.1, 0.15) is 0 Å². The highest BCUT2D eigenvalue weighted by atomic mass is 32.1. The van der Waals surface area contributed by atoms with Crippen molar-refractivity contribution in [3.63, 3.8) is 0 Å². The van der Waals surface area contributed by atoms with Crippen LogP contribution in [0, 0.1) is 0 Å². The molecule has 0 amide bonds. The fraction of sp³-hybridized carbons (Fsp3) is 0. The van der Waals surface area contributed by atoms with Crippen LogP contribution in [0.25, 0.3) is 90.6 Å². The van der Waals surface area contributed by atoms with Crippen LogP contribution in [0.1, 0.15) is 0 Å². The molecule has 10 aromatic rings. The molecule has 0 atom stereocenters. The highest BCUT2D eigenvalue weighted by molar-refractivity contribution is 7.33. The van der Waals surface area contributed by atoms with E-state index in [1.807, 2.05) is 34.8 Å². The Morgan fingerprint density at radius 2 is 0.933 bits per heavy atom. The molecule has 45 heavy (non-hydrogen) atoms. The van der Waals surface area contributed by atoms with E-state index in [9.17, 15) is 0 Å². The van der Waals surface area contributed by atoms with Gasteiger partial charge in [0.05, 0.1) is 31.8 Å². The second-order valence-corrected chi connectivity index (χ2v) is 13.5. The number of fused-ring (bicyclic) bond motifs is 12. The summed E-state index contributed by atoms with van der Waals surface area (Å²) in [5.74, 6) is 0.678. The van der Waals surface area contributed by atoms with E-state index in [1.54, 1.807) is 0 Å². The molecule has 0 saturated heterocycles. The Morgan fingerprint density at radius 3 is 1.56 bits per heavy atom. The Morgan fingerprint density at radius 1 is 0.444 bits per heavy atom. The van der Waals surface area contributed by atoms with Gasteiger partial charge in [-0.15, -0.1) is 22.7 Å². The zero-order chi connectivity index (χ0) is 29.5. The van der Waals surface area contributed by atoms with Crippen LogP contribution in [-0.2, 0) is 0 Å². The molecule has 0 radical (unpaired) electrons. The summed E-state index contributed by atoms with van der Waals surface area (Å²) in [6.45, 7) is 0. The maximum Gasteiger partial charge on any atom is 0.235 e. The lowest BCUT2D eigenvalue weighted by atomic mass is 10.0. The third-order valence-electron chi connectivity index (χ3n) is 8.81. The summed E-state index contributed by atoms with van der Waals surface area (Å²) in [6, 6.07) is 49.4. The first-order valence-electron chi connectivity index (χ1n) is 15.0. The number of thiophene rings is 2. The maximum absolute atomic E-state index is 5.33. The van der Waals surface area contributed by atoms with Gasteiger partial charge in [-0.2, -0.15) is 0 Å². The number of para-hydroxylation sites is 1. The van der Waals surface area contributed by atoms with E-state index in [0.717, 1.165) is 28.0 Å². The van der Waals surface area contributed by atoms with Crippen molar-refractivity contribution in [2.45, 2.75) is 0 Å². The van der Waals surface area contributed by atoms with Crippen LogP contribution >= 0.6 is 22.7 Å². The van der Waals surface area contributed by atoms with Crippen LogP contribution in [0.15, 0.2) is 140 Å². The largest absolute Gasteiger partial charge is 0.277 e. The molecule has 6 aromatic carbocycles. The van der Waals surface area contributed by atoms with Crippen molar-refractivity contribution in [2.75, 3.05) is 0 Å². The zero-order valence-electron chi connectivity index (χ0n) is 23.9. The van der Waals surface area contributed by atoms with Crippen LogP contribution < -0.4 is 0 Å². The first-order chi connectivity index (χ1) is 22.3. The van der Waals surface area contributed by atoms with E-state index in [4.69, 9.17) is 9.97 Å². The maximum atomic E-state index is 5.33. The third-order valence-corrected chi connectivity index (χ3v) is 11.3. The molecule has 4 aromatic heterocycles. The van der Waals surface area contributed by atoms with Crippen molar-refractivity contribution >= 4 is 84.8 Å². The molecule has 210 valence electrons. The minimum atomic E-state index is 0.678. The normalized spacial score (nSPS) is 12.0. The molecule has 0 bridgehead atoms. The molecule has 4 heterocycles. The monoisotopic (exact) mass is 609 g/mol. The van der Waals surface area contributed by atoms with Crippen molar-refractivity contribution in [1.29, 1.82) is 0 Å². The van der Waals surface area contributed by atoms with E-state index < -0.39 is 0 Å². The van der Waals surface area contributed by atoms with E-state index in [2.05, 4.69) is 132 Å². The lowest BCUT2D eigenvalue weighted by Gasteiger charge is -2.12. The fourth-order valence-electron chi connectivity index (χ4n) is 6.88. The topological polar surface area (TPSA) is 30.7 Å². The molecule has 3 nitrogen and oxygen atoms in total. The second-order valence-electron chi connectivity index (χ2n) is 11.4. The van der Waals surface area contributed by atoms with Crippen LogP contribution in [-0.4, -0.2) is 14.5 Å². The van der Waals surface area contributed by atoms with Crippen molar-refractivity contribution in [2.24, 2.45) is 0 Å². The smallest absolute Gasteiger partial charge is 0.235 e. The summed E-state index contributed by atoms with van der Waals surface area (Å²) in [5, 5.41) is 7.65. The van der Waals surface area contributed by atoms with Crippen molar-refractivity contribution in [1.82, 2.24) is 14.5 Å². The van der Waals surface area contributed by atoms with Gasteiger partial charge in [-0.25, -0.2) is 9.97 Å². The molecule has 0 spiro atoms. The lowest BCUT2D eigenvalue weighted by Crippen LogP contribution is -2.04. The fourth-order valence-corrected chi connectivity index (χ4v) is 9.44. The van der Waals surface area contributed by atoms with Gasteiger partial charge in [-0.1, -0.05) is 115 Å². The van der Waals surface area contributed by atoms with E-state index >= 15 is 0 Å². The number of hydrogen-bond donors (Lipinski definition) is 0. The zero-order valence-corrected chi connectivity index (χ0v) is 25.6. The van der Waals surface area contributed by atoms with Gasteiger partial charge in [0.25, 0.3) is 0 Å². The molecule has 5 heteroatoms. The van der Waals surface area contributed by atoms with Gasteiger partial charge >= 0.3 is 0 Å². The van der Waals surface area contributed by atoms with E-state index in [0.29, 0.717) is 5.95 Å². The van der Waals surface area contributed by atoms with Gasteiger partial charge in [-0.3, -0.25) is 4.57 Å². The van der Waals surface area contributed by atoms with E-state index in [-0.39, 0.29) is 0 Å². The summed E-state index contributed by atoms with van der Waals surface area (Å²) in [5.41, 5.74) is 6.21. The molecule has 0 fully saturated rings. The molecule has 0 N–H and O–H groups in total. The Bertz CT molecular complexity index is 2700. The standard InChI is InChI=1S/C40H23N3S2/c1-3-13-24(14-4-1)29-23-30(25-15-5-2-6-16-25)42-40(41-29)43-31-20-10-7-17-26(31)34-35-27-18-8-11-21-32(27)44-38(35)39-36(37(34)43)28-19-9-12-22-33(28)45-39/h1-23H. The quantitative estimate of drug-likeness (QED) is 0.199. The lowest BCUT2D eigenvalue weighted by molar-refractivity contribution is 0.998. The number of aromatic nitrogens is 3. The van der Waals surface area contributed by atoms with Crippen molar-refractivity contribution in [3.05, 3.63) is 140 Å². The van der Waals surface area contributed by atoms with Gasteiger partial charge in [0.2, 0.25) is 5.95 Å². The summed E-state index contributed by atoms with van der Waals surface area (Å²) >= 11 is 3.80. The Labute approximate surface area is 266 Å². The predicted octanol–water partition coefficient (Wildman–Crippen LogP) is 11.6. The second kappa shape index (κ2) is 9.57. The number of benzene rings is 6. The Hall–Kier alpha value is -5.36. The van der Waals surface area contributed by atoms with Crippen molar-refractivity contribution in [3.8, 4) is 28.5 Å². The molecule has 0 aliphatic carbocycles. The van der Waals surface area contributed by atoms with Gasteiger partial charge < -0.3 is 0 Å². The Kier molecular flexibility index (Phi) is 5.32. The molecule has 0 aliphatic rings. The first-order valence-corrected chi connectivity index (χ1v) is 16.6. The van der Waals surface area contributed by atoms with Crippen LogP contribution in [0.3, 0.4) is 0 Å². The van der Waals surface area contributed by atoms with Crippen LogP contribution in [0.4, 0.5) is 0 Å². The summed E-state index contributed by atoms with van der Waals surface area (Å²) in [7, 11) is 0. The molecule has 0 saturated carbocycles. The SMILES string of the molecule is c1ccc(-c2cc(-c3ccccc3)nc(-n3c4ccccc4c4c5c6ccccc6sc5c5sc6ccccc6c5c43)n2)cc1. The molecular formula is C40H23N3S2. The molecular weight excluding hydrogens is 587 g/mol. The van der Waals surface area contributed by atoms with Gasteiger partial charge in [0, 0.05) is 52.8 Å². The molecule has 10 rings (SSSR count). The van der Waals surface area contributed by atoms with Crippen molar-refractivity contribution < 1.29 is 0 Å². The van der Waals surface area contributed by atoms with Gasteiger partial charge in [-0.05, 0) is 24.3 Å². The summed E-state index contributed by atoms with van der Waals surface area (Å²) in [4.78, 5) is 10.7. The first kappa shape index (κ1) is 25.0. The van der Waals surface area contributed by atoms with E-state index in [1.165, 1.54) is 56.6 Å². The van der Waals surface area contributed by atoms with Crippen LogP contribution in [0.5, 0.6) is 0 Å². The highest BCUT2D eigenvalue weighted by Crippen LogP contribution is 2.51. The minimum Gasteiger partial charge on any atom is -0.277 e. The third kappa shape index (κ3) is 3.62. The summed E-state index contributed by atoms with van der Waals surface area (Å²) in [6.07, 6.45) is 0. The highest BCUT2D eigenvalue weighted by Gasteiger charge is 2.25. The minimum absolute atomic E-state index is 0.678. The predicted molar refractivity (Wildman–Crippen MR) is 193 cm³/mol. The van der Waals surface area contributed by atoms with Crippen LogP contribution in [0.2, 0.25) is 0 Å². The number of hydrogen-bond acceptors (Lipinski definition) is 4. The summed E-state index contributed by atoms with van der Waals surface area (Å²) < 4.78 is 7.61. The average Bonchev–Trinajstić information content (AvgIpc) is 3.79. The average molecular weight is 610 g/mol. The Balaban J connectivity index is 1.46. The number of nitrogens with zero attached hydrogens (tertiary/aromatic N) is 3.